The lowest BCUT2D eigenvalue weighted by atomic mass is 10.2. The second kappa shape index (κ2) is 3.04. The summed E-state index contributed by atoms with van der Waals surface area (Å²) in [6.07, 6.45) is 5.05. The summed E-state index contributed by atoms with van der Waals surface area (Å²) in [6.45, 7) is 4.08. The zero-order valence-electron chi connectivity index (χ0n) is 7.71. The van der Waals surface area contributed by atoms with Gasteiger partial charge in [0.1, 0.15) is 0 Å². The number of aryl methyl sites for hydroxylation is 2. The predicted molar refractivity (Wildman–Crippen MR) is 54.3 cm³/mol. The Kier molecular flexibility index (Phi) is 2.00. The maximum absolute atomic E-state index is 6.07. The van der Waals surface area contributed by atoms with Gasteiger partial charge in [-0.25, -0.2) is 4.98 Å². The van der Waals surface area contributed by atoms with Crippen molar-refractivity contribution < 1.29 is 0 Å². The molecule has 0 spiro atoms. The molecule has 0 amide bonds. The number of fused-ring (bicyclic) bond motifs is 1. The summed E-state index contributed by atoms with van der Waals surface area (Å²) in [4.78, 5) is 4.32. The molecule has 0 aliphatic carbocycles. The van der Waals surface area contributed by atoms with Crippen LogP contribution >= 0.6 is 11.6 Å². The molecule has 0 fully saturated rings. The van der Waals surface area contributed by atoms with Crippen molar-refractivity contribution in [2.24, 2.45) is 0 Å². The van der Waals surface area contributed by atoms with Crippen molar-refractivity contribution in [3.05, 3.63) is 34.7 Å². The standard InChI is InChI=1S/C10H11ClN2/c1-3-8-4-9(11)10-12-7(2)5-13(10)6-8/h4-6H,3H2,1-2H3. The fraction of sp³-hybridized carbons (Fsp3) is 0.300. The summed E-state index contributed by atoms with van der Waals surface area (Å²) in [7, 11) is 0. The van der Waals surface area contributed by atoms with Gasteiger partial charge in [-0.3, -0.25) is 0 Å². The van der Waals surface area contributed by atoms with E-state index in [1.54, 1.807) is 0 Å². The van der Waals surface area contributed by atoms with Gasteiger partial charge in [-0.1, -0.05) is 18.5 Å². The van der Waals surface area contributed by atoms with Crippen molar-refractivity contribution in [1.82, 2.24) is 9.38 Å². The molecule has 0 unspecified atom stereocenters. The lowest BCUT2D eigenvalue weighted by Gasteiger charge is -2.00. The van der Waals surface area contributed by atoms with Crippen molar-refractivity contribution in [2.45, 2.75) is 20.3 Å². The Morgan fingerprint density at radius 2 is 2.23 bits per heavy atom. The van der Waals surface area contributed by atoms with E-state index in [0.717, 1.165) is 22.8 Å². The van der Waals surface area contributed by atoms with Crippen LogP contribution in [0.1, 0.15) is 18.2 Å². The van der Waals surface area contributed by atoms with Gasteiger partial charge in [0, 0.05) is 12.4 Å². The van der Waals surface area contributed by atoms with Crippen LogP contribution in [-0.2, 0) is 6.42 Å². The SMILES string of the molecule is CCc1cc(Cl)c2nc(C)cn2c1. The van der Waals surface area contributed by atoms with Crippen LogP contribution < -0.4 is 0 Å². The van der Waals surface area contributed by atoms with E-state index in [9.17, 15) is 0 Å². The average molecular weight is 195 g/mol. The molecule has 0 aliphatic heterocycles. The van der Waals surface area contributed by atoms with Crippen LogP contribution in [0.3, 0.4) is 0 Å². The number of rotatable bonds is 1. The predicted octanol–water partition coefficient (Wildman–Crippen LogP) is 2.86. The highest BCUT2D eigenvalue weighted by Gasteiger charge is 2.03. The molecule has 2 aromatic heterocycles. The second-order valence-corrected chi connectivity index (χ2v) is 3.57. The molecule has 0 aliphatic rings. The Bertz CT molecular complexity index is 445. The maximum atomic E-state index is 6.07. The Hall–Kier alpha value is -1.02. The first kappa shape index (κ1) is 8.57. The van der Waals surface area contributed by atoms with E-state index in [2.05, 4.69) is 18.1 Å². The quantitative estimate of drug-likeness (QED) is 0.683. The van der Waals surface area contributed by atoms with Gasteiger partial charge in [-0.05, 0) is 25.0 Å². The third-order valence-electron chi connectivity index (χ3n) is 2.09. The van der Waals surface area contributed by atoms with Gasteiger partial charge in [-0.2, -0.15) is 0 Å². The average Bonchev–Trinajstić information content (AvgIpc) is 2.46. The molecule has 2 heterocycles. The van der Waals surface area contributed by atoms with Gasteiger partial charge in [-0.15, -0.1) is 0 Å². The molecule has 0 atom stereocenters. The fourth-order valence-corrected chi connectivity index (χ4v) is 1.71. The number of aromatic nitrogens is 2. The van der Waals surface area contributed by atoms with Crippen molar-refractivity contribution in [2.75, 3.05) is 0 Å². The van der Waals surface area contributed by atoms with E-state index in [-0.39, 0.29) is 0 Å². The van der Waals surface area contributed by atoms with Crippen LogP contribution in [0.25, 0.3) is 5.65 Å². The van der Waals surface area contributed by atoms with E-state index in [4.69, 9.17) is 11.6 Å². The second-order valence-electron chi connectivity index (χ2n) is 3.16. The number of hydrogen-bond donors (Lipinski definition) is 0. The van der Waals surface area contributed by atoms with Gasteiger partial charge >= 0.3 is 0 Å². The molecular formula is C10H11ClN2. The summed E-state index contributed by atoms with van der Waals surface area (Å²) >= 11 is 6.07. The minimum Gasteiger partial charge on any atom is -0.305 e. The number of halogens is 1. The smallest absolute Gasteiger partial charge is 0.155 e. The summed E-state index contributed by atoms with van der Waals surface area (Å²) in [5.41, 5.74) is 3.07. The highest BCUT2D eigenvalue weighted by atomic mass is 35.5. The lowest BCUT2D eigenvalue weighted by molar-refractivity contribution is 1.07. The van der Waals surface area contributed by atoms with Gasteiger partial charge in [0.2, 0.25) is 0 Å². The van der Waals surface area contributed by atoms with Crippen LogP contribution in [0, 0.1) is 6.92 Å². The van der Waals surface area contributed by atoms with Crippen LogP contribution in [0.15, 0.2) is 18.5 Å². The fourth-order valence-electron chi connectivity index (χ4n) is 1.43. The Morgan fingerprint density at radius 3 is 2.92 bits per heavy atom. The monoisotopic (exact) mass is 194 g/mol. The van der Waals surface area contributed by atoms with Gasteiger partial charge < -0.3 is 4.40 Å². The normalized spacial score (nSPS) is 11.0. The number of nitrogens with zero attached hydrogens (tertiary/aromatic N) is 2. The summed E-state index contributed by atoms with van der Waals surface area (Å²) in [5, 5.41) is 0.729. The van der Waals surface area contributed by atoms with Gasteiger partial charge in [0.15, 0.2) is 5.65 Å². The van der Waals surface area contributed by atoms with E-state index in [0.29, 0.717) is 0 Å². The highest BCUT2D eigenvalue weighted by Crippen LogP contribution is 2.18. The van der Waals surface area contributed by atoms with Crippen molar-refractivity contribution >= 4 is 17.2 Å². The molecule has 0 bridgehead atoms. The van der Waals surface area contributed by atoms with Crippen molar-refractivity contribution in [3.8, 4) is 0 Å². The molecule has 0 aromatic carbocycles. The minimum absolute atomic E-state index is 0.729. The van der Waals surface area contributed by atoms with Crippen LogP contribution in [0.4, 0.5) is 0 Å². The number of pyridine rings is 1. The molecule has 0 radical (unpaired) electrons. The molecule has 0 N–H and O–H groups in total. The van der Waals surface area contributed by atoms with Gasteiger partial charge in [0.05, 0.1) is 10.7 Å². The van der Waals surface area contributed by atoms with E-state index >= 15 is 0 Å². The molecule has 13 heavy (non-hydrogen) atoms. The molecule has 3 heteroatoms. The van der Waals surface area contributed by atoms with Crippen LogP contribution in [-0.4, -0.2) is 9.38 Å². The molecule has 0 saturated heterocycles. The number of hydrogen-bond acceptors (Lipinski definition) is 1. The third kappa shape index (κ3) is 1.42. The zero-order chi connectivity index (χ0) is 9.42. The number of imidazole rings is 1. The largest absolute Gasteiger partial charge is 0.305 e. The Balaban J connectivity index is 2.75. The highest BCUT2D eigenvalue weighted by molar-refractivity contribution is 6.33. The topological polar surface area (TPSA) is 17.3 Å². The molecule has 68 valence electrons. The molecule has 2 nitrogen and oxygen atoms in total. The van der Waals surface area contributed by atoms with Crippen molar-refractivity contribution in [3.63, 3.8) is 0 Å². The van der Waals surface area contributed by atoms with E-state index in [1.165, 1.54) is 5.56 Å². The summed E-state index contributed by atoms with van der Waals surface area (Å²) in [5.74, 6) is 0. The first-order valence-electron chi connectivity index (χ1n) is 4.34. The molecule has 2 rings (SSSR count). The van der Waals surface area contributed by atoms with Crippen LogP contribution in [0.5, 0.6) is 0 Å². The van der Waals surface area contributed by atoms with Gasteiger partial charge in [0.25, 0.3) is 0 Å². The lowest BCUT2D eigenvalue weighted by Crippen LogP contribution is -1.88. The van der Waals surface area contributed by atoms with Crippen molar-refractivity contribution in [1.29, 1.82) is 0 Å². The first-order chi connectivity index (χ1) is 6.20. The Labute approximate surface area is 82.2 Å². The molecule has 2 aromatic rings. The van der Waals surface area contributed by atoms with E-state index < -0.39 is 0 Å². The first-order valence-corrected chi connectivity index (χ1v) is 4.72. The third-order valence-corrected chi connectivity index (χ3v) is 2.37. The van der Waals surface area contributed by atoms with Crippen LogP contribution in [0.2, 0.25) is 5.02 Å². The molecule has 0 saturated carbocycles. The minimum atomic E-state index is 0.729. The summed E-state index contributed by atoms with van der Waals surface area (Å²) < 4.78 is 1.98. The zero-order valence-corrected chi connectivity index (χ0v) is 8.47. The Morgan fingerprint density at radius 1 is 1.46 bits per heavy atom. The maximum Gasteiger partial charge on any atom is 0.155 e. The summed E-state index contributed by atoms with van der Waals surface area (Å²) in [6, 6.07) is 1.98. The van der Waals surface area contributed by atoms with E-state index in [1.807, 2.05) is 23.6 Å². The molecular weight excluding hydrogens is 184 g/mol.